The first-order valence-corrected chi connectivity index (χ1v) is 7.13. The first-order chi connectivity index (χ1) is 8.90. The highest BCUT2D eigenvalue weighted by Gasteiger charge is 2.29. The lowest BCUT2D eigenvalue weighted by Crippen LogP contribution is -2.45. The zero-order valence-electron chi connectivity index (χ0n) is 12.6. The van der Waals surface area contributed by atoms with Crippen LogP contribution in [0.3, 0.4) is 0 Å². The maximum absolute atomic E-state index is 12.4. The van der Waals surface area contributed by atoms with Crippen molar-refractivity contribution in [2.45, 2.75) is 39.2 Å². The van der Waals surface area contributed by atoms with Gasteiger partial charge in [-0.25, -0.2) is 0 Å². The number of carbonyl (C=O) groups excluding carboxylic acids is 2. The predicted octanol–water partition coefficient (Wildman–Crippen LogP) is 0.701. The van der Waals surface area contributed by atoms with E-state index in [-0.39, 0.29) is 17.9 Å². The molecule has 1 saturated heterocycles. The third-order valence-corrected chi connectivity index (χ3v) is 3.29. The smallest absolute Gasteiger partial charge is 0.245 e. The number of rotatable bonds is 6. The molecule has 110 valence electrons. The summed E-state index contributed by atoms with van der Waals surface area (Å²) in [4.78, 5) is 28.0. The van der Waals surface area contributed by atoms with Crippen LogP contribution in [-0.2, 0) is 9.59 Å². The minimum Gasteiger partial charge on any atom is -0.344 e. The fourth-order valence-electron chi connectivity index (χ4n) is 2.33. The number of hydrogen-bond donors (Lipinski definition) is 1. The number of nitrogens with zero attached hydrogens (tertiary/aromatic N) is 2. The van der Waals surface area contributed by atoms with E-state index in [0.717, 1.165) is 25.9 Å². The zero-order valence-corrected chi connectivity index (χ0v) is 12.6. The summed E-state index contributed by atoms with van der Waals surface area (Å²) in [7, 11) is 4.05. The normalized spacial score (nSPS) is 20.9. The van der Waals surface area contributed by atoms with E-state index >= 15 is 0 Å². The van der Waals surface area contributed by atoms with Gasteiger partial charge in [0.1, 0.15) is 6.04 Å². The number of carbonyl (C=O) groups is 2. The molecule has 5 nitrogen and oxygen atoms in total. The Kier molecular flexibility index (Phi) is 6.28. The molecule has 0 bridgehead atoms. The van der Waals surface area contributed by atoms with Gasteiger partial charge in [0.25, 0.3) is 0 Å². The van der Waals surface area contributed by atoms with Crippen LogP contribution in [0.2, 0.25) is 0 Å². The van der Waals surface area contributed by atoms with E-state index in [4.69, 9.17) is 0 Å². The third kappa shape index (κ3) is 5.59. The van der Waals surface area contributed by atoms with Crippen LogP contribution in [0, 0.1) is 5.92 Å². The highest BCUT2D eigenvalue weighted by atomic mass is 16.2. The van der Waals surface area contributed by atoms with Gasteiger partial charge in [0.15, 0.2) is 0 Å². The number of amides is 2. The molecule has 1 atom stereocenters. The molecule has 1 rings (SSSR count). The molecule has 0 aromatic rings. The predicted molar refractivity (Wildman–Crippen MR) is 75.8 cm³/mol. The van der Waals surface area contributed by atoms with Gasteiger partial charge in [0.2, 0.25) is 11.8 Å². The van der Waals surface area contributed by atoms with E-state index in [1.54, 1.807) is 0 Å². The Morgan fingerprint density at radius 1 is 1.37 bits per heavy atom. The van der Waals surface area contributed by atoms with Gasteiger partial charge in [-0.1, -0.05) is 13.8 Å². The molecule has 0 radical (unpaired) electrons. The Bertz CT molecular complexity index is 316. The van der Waals surface area contributed by atoms with Crippen LogP contribution in [0.25, 0.3) is 0 Å². The topological polar surface area (TPSA) is 52.7 Å². The molecule has 0 aliphatic carbocycles. The molecule has 1 aliphatic heterocycles. The van der Waals surface area contributed by atoms with Crippen molar-refractivity contribution in [1.82, 2.24) is 15.1 Å². The van der Waals surface area contributed by atoms with Gasteiger partial charge in [-0.15, -0.1) is 0 Å². The van der Waals surface area contributed by atoms with Crippen molar-refractivity contribution < 1.29 is 9.59 Å². The van der Waals surface area contributed by atoms with E-state index < -0.39 is 0 Å². The third-order valence-electron chi connectivity index (χ3n) is 3.29. The fraction of sp³-hybridized carbons (Fsp3) is 0.857. The summed E-state index contributed by atoms with van der Waals surface area (Å²) in [5.74, 6) is 0.475. The lowest BCUT2D eigenvalue weighted by Gasteiger charge is -2.25. The Labute approximate surface area is 116 Å². The molecule has 2 amide bonds. The fourth-order valence-corrected chi connectivity index (χ4v) is 2.33. The van der Waals surface area contributed by atoms with Crippen molar-refractivity contribution in [3.8, 4) is 0 Å². The summed E-state index contributed by atoms with van der Waals surface area (Å²) in [6, 6.07) is -0.339. The van der Waals surface area contributed by atoms with Crippen molar-refractivity contribution in [1.29, 1.82) is 0 Å². The van der Waals surface area contributed by atoms with E-state index in [9.17, 15) is 9.59 Å². The first kappa shape index (κ1) is 16.0. The molecular weight excluding hydrogens is 242 g/mol. The van der Waals surface area contributed by atoms with Crippen LogP contribution >= 0.6 is 0 Å². The van der Waals surface area contributed by atoms with Crippen LogP contribution in [0.5, 0.6) is 0 Å². The van der Waals surface area contributed by atoms with Crippen molar-refractivity contribution in [3.05, 3.63) is 0 Å². The molecule has 1 heterocycles. The van der Waals surface area contributed by atoms with Gasteiger partial charge in [0, 0.05) is 19.5 Å². The molecule has 0 spiro atoms. The lowest BCUT2D eigenvalue weighted by atomic mass is 10.0. The minimum absolute atomic E-state index is 0.00545. The molecule has 0 aromatic carbocycles. The zero-order chi connectivity index (χ0) is 14.4. The summed E-state index contributed by atoms with van der Waals surface area (Å²) in [6.07, 6.45) is 2.08. The molecule has 1 unspecified atom stereocenters. The van der Waals surface area contributed by atoms with E-state index in [0.29, 0.717) is 18.9 Å². The summed E-state index contributed by atoms with van der Waals surface area (Å²) in [6.45, 7) is 6.38. The van der Waals surface area contributed by atoms with Gasteiger partial charge in [-0.2, -0.15) is 0 Å². The molecule has 1 aliphatic rings. The second-order valence-corrected chi connectivity index (χ2v) is 5.98. The Morgan fingerprint density at radius 3 is 2.63 bits per heavy atom. The van der Waals surface area contributed by atoms with Gasteiger partial charge in [-0.05, 0) is 39.4 Å². The van der Waals surface area contributed by atoms with Crippen LogP contribution in [0.1, 0.15) is 33.1 Å². The van der Waals surface area contributed by atoms with Crippen LogP contribution in [-0.4, -0.2) is 61.4 Å². The second-order valence-electron chi connectivity index (χ2n) is 5.98. The van der Waals surface area contributed by atoms with Crippen LogP contribution < -0.4 is 5.32 Å². The molecule has 1 fully saturated rings. The molecule has 1 N–H and O–H groups in total. The van der Waals surface area contributed by atoms with Gasteiger partial charge in [-0.3, -0.25) is 9.59 Å². The van der Waals surface area contributed by atoms with Gasteiger partial charge >= 0.3 is 0 Å². The van der Waals surface area contributed by atoms with Crippen LogP contribution in [0.15, 0.2) is 0 Å². The highest BCUT2D eigenvalue weighted by Crippen LogP contribution is 2.12. The average molecular weight is 269 g/mol. The standard InChI is InChI=1S/C14H27N3O2/c1-11(2)10-12-14(19)17(8-5-7-16(3)4)9-6-13(18)15-12/h11-12H,5-10H2,1-4H3,(H,15,18). The van der Waals surface area contributed by atoms with Crippen molar-refractivity contribution in [3.63, 3.8) is 0 Å². The van der Waals surface area contributed by atoms with E-state index in [1.165, 1.54) is 0 Å². The summed E-state index contributed by atoms with van der Waals surface area (Å²) in [5.41, 5.74) is 0. The molecule has 0 aromatic heterocycles. The summed E-state index contributed by atoms with van der Waals surface area (Å²) in [5, 5.41) is 2.85. The van der Waals surface area contributed by atoms with Gasteiger partial charge < -0.3 is 15.1 Å². The van der Waals surface area contributed by atoms with Gasteiger partial charge in [0.05, 0.1) is 0 Å². The van der Waals surface area contributed by atoms with Crippen molar-refractivity contribution >= 4 is 11.8 Å². The van der Waals surface area contributed by atoms with E-state index in [1.807, 2.05) is 19.0 Å². The Balaban J connectivity index is 2.59. The molecular formula is C14H27N3O2. The number of nitrogens with one attached hydrogen (secondary N) is 1. The SMILES string of the molecule is CC(C)CC1NC(=O)CCN(CCCN(C)C)C1=O. The summed E-state index contributed by atoms with van der Waals surface area (Å²) >= 11 is 0. The Hall–Kier alpha value is -1.10. The maximum Gasteiger partial charge on any atom is 0.245 e. The number of hydrogen-bond acceptors (Lipinski definition) is 3. The molecule has 5 heteroatoms. The van der Waals surface area contributed by atoms with Crippen LogP contribution in [0.4, 0.5) is 0 Å². The lowest BCUT2D eigenvalue weighted by molar-refractivity contribution is -0.134. The molecule has 0 saturated carbocycles. The molecule has 19 heavy (non-hydrogen) atoms. The summed E-state index contributed by atoms with van der Waals surface area (Å²) < 4.78 is 0. The Morgan fingerprint density at radius 2 is 2.05 bits per heavy atom. The van der Waals surface area contributed by atoms with Crippen molar-refractivity contribution in [2.24, 2.45) is 5.92 Å². The monoisotopic (exact) mass is 269 g/mol. The first-order valence-electron chi connectivity index (χ1n) is 7.13. The average Bonchev–Trinajstić information content (AvgIpc) is 2.41. The second kappa shape index (κ2) is 7.48. The van der Waals surface area contributed by atoms with Crippen molar-refractivity contribution in [2.75, 3.05) is 33.7 Å². The highest BCUT2D eigenvalue weighted by molar-refractivity contribution is 5.89. The minimum atomic E-state index is -0.339. The largest absolute Gasteiger partial charge is 0.344 e. The quantitative estimate of drug-likeness (QED) is 0.772. The van der Waals surface area contributed by atoms with E-state index in [2.05, 4.69) is 24.1 Å². The maximum atomic E-state index is 12.4.